The van der Waals surface area contributed by atoms with Gasteiger partial charge in [0.15, 0.2) is 0 Å². The molecule has 4 aromatic rings. The largest absolute Gasteiger partial charge is 0.478 e. The summed E-state index contributed by atoms with van der Waals surface area (Å²) in [6.07, 6.45) is 14.0. The Kier molecular flexibility index (Phi) is 8.34. The summed E-state index contributed by atoms with van der Waals surface area (Å²) in [5, 5.41) is 15.9. The van der Waals surface area contributed by atoms with Crippen molar-refractivity contribution in [2.24, 2.45) is 7.05 Å². The highest BCUT2D eigenvalue weighted by Crippen LogP contribution is 2.44. The van der Waals surface area contributed by atoms with Gasteiger partial charge in [-0.15, -0.1) is 0 Å². The molecule has 0 bridgehead atoms. The third-order valence-electron chi connectivity index (χ3n) is 8.91. The number of nitrogens with zero attached hydrogens (tertiary/aromatic N) is 4. The molecule has 11 heteroatoms. The summed E-state index contributed by atoms with van der Waals surface area (Å²) in [4.78, 5) is 51.1. The Hall–Kier alpha value is -5.06. The molecule has 2 amide bonds. The van der Waals surface area contributed by atoms with Crippen molar-refractivity contribution >= 4 is 40.6 Å². The number of fused-ring (bicyclic) bond motifs is 1. The first kappa shape index (κ1) is 30.0. The minimum absolute atomic E-state index is 0.203. The first-order chi connectivity index (χ1) is 21.8. The topological polar surface area (TPSA) is 148 Å². The molecule has 232 valence electrons. The maximum Gasteiger partial charge on any atom is 0.328 e. The molecular weight excluding hydrogens is 572 g/mol. The van der Waals surface area contributed by atoms with Gasteiger partial charge >= 0.3 is 5.97 Å². The van der Waals surface area contributed by atoms with Crippen LogP contribution in [0.25, 0.3) is 28.2 Å². The fourth-order valence-electron chi connectivity index (χ4n) is 6.53. The molecule has 3 N–H and O–H groups in total. The summed E-state index contributed by atoms with van der Waals surface area (Å²) in [6.45, 7) is 2.10. The van der Waals surface area contributed by atoms with Gasteiger partial charge in [-0.25, -0.2) is 14.8 Å². The zero-order chi connectivity index (χ0) is 31.6. The van der Waals surface area contributed by atoms with Crippen LogP contribution < -0.4 is 15.4 Å². The molecule has 1 aromatic carbocycles. The standard InChI is InChI=1S/C34H36N6O5/c1-3-45-32-22(11-14-28(41)42)10-13-27(37-32)38-33(44)34(15-6-16-34)39-31(43)23-9-12-25-26(17-23)40(2)30(24-18-35-20-36-19-24)29(25)21-7-4-5-8-21/h9-14,17-21H,3-8,15-16H2,1-2H3,(H,39,43)(H,41,42)(H,37,38,44)/b14-11+. The van der Waals surface area contributed by atoms with Gasteiger partial charge in [0.2, 0.25) is 5.88 Å². The number of carboxylic acids is 1. The fourth-order valence-corrected chi connectivity index (χ4v) is 6.53. The van der Waals surface area contributed by atoms with Crippen molar-refractivity contribution < 1.29 is 24.2 Å². The molecule has 0 aliphatic heterocycles. The van der Waals surface area contributed by atoms with Crippen LogP contribution in [0.15, 0.2) is 55.1 Å². The van der Waals surface area contributed by atoms with Crippen LogP contribution in [0.2, 0.25) is 0 Å². The van der Waals surface area contributed by atoms with E-state index in [1.165, 1.54) is 30.8 Å². The molecular formula is C34H36N6O5. The lowest BCUT2D eigenvalue weighted by atomic mass is 9.75. The third kappa shape index (κ3) is 5.90. The number of carbonyl (C=O) groups is 3. The predicted molar refractivity (Wildman–Crippen MR) is 170 cm³/mol. The Bertz CT molecular complexity index is 1790. The van der Waals surface area contributed by atoms with E-state index in [4.69, 9.17) is 9.84 Å². The van der Waals surface area contributed by atoms with Crippen molar-refractivity contribution in [3.63, 3.8) is 0 Å². The van der Waals surface area contributed by atoms with Crippen LogP contribution in [-0.4, -0.2) is 54.6 Å². The molecule has 0 atom stereocenters. The van der Waals surface area contributed by atoms with Gasteiger partial charge in [-0.1, -0.05) is 18.9 Å². The Morgan fingerprint density at radius 1 is 1.09 bits per heavy atom. The molecule has 45 heavy (non-hydrogen) atoms. The van der Waals surface area contributed by atoms with Gasteiger partial charge in [-0.2, -0.15) is 4.98 Å². The van der Waals surface area contributed by atoms with Crippen LogP contribution >= 0.6 is 0 Å². The van der Waals surface area contributed by atoms with Crippen molar-refractivity contribution in [2.75, 3.05) is 11.9 Å². The van der Waals surface area contributed by atoms with Crippen molar-refractivity contribution in [1.29, 1.82) is 0 Å². The summed E-state index contributed by atoms with van der Waals surface area (Å²) in [6, 6.07) is 8.98. The first-order valence-corrected chi connectivity index (χ1v) is 15.4. The molecule has 2 saturated carbocycles. The molecule has 0 unspecified atom stereocenters. The van der Waals surface area contributed by atoms with Gasteiger partial charge in [0.05, 0.1) is 12.3 Å². The number of pyridine rings is 1. The number of carbonyl (C=O) groups excluding carboxylic acids is 2. The number of aromatic nitrogens is 4. The molecule has 0 spiro atoms. The van der Waals surface area contributed by atoms with E-state index in [1.807, 2.05) is 37.6 Å². The molecule has 3 aromatic heterocycles. The number of anilines is 1. The monoisotopic (exact) mass is 608 g/mol. The average Bonchev–Trinajstić information content (AvgIpc) is 3.65. The summed E-state index contributed by atoms with van der Waals surface area (Å²) in [5.41, 5.74) is 4.12. The Balaban J connectivity index is 1.26. The van der Waals surface area contributed by atoms with Gasteiger partial charge < -0.3 is 25.0 Å². The second kappa shape index (κ2) is 12.5. The van der Waals surface area contributed by atoms with E-state index in [2.05, 4.69) is 30.2 Å². The Labute approximate surface area is 260 Å². The molecule has 6 rings (SSSR count). The van der Waals surface area contributed by atoms with E-state index < -0.39 is 11.5 Å². The van der Waals surface area contributed by atoms with Gasteiger partial charge in [0.25, 0.3) is 11.8 Å². The summed E-state index contributed by atoms with van der Waals surface area (Å²) in [7, 11) is 2.01. The number of carboxylic acid groups (broad SMARTS) is 1. The van der Waals surface area contributed by atoms with Crippen LogP contribution in [0.4, 0.5) is 5.82 Å². The lowest BCUT2D eigenvalue weighted by Gasteiger charge is -2.40. The quantitative estimate of drug-likeness (QED) is 0.201. The average molecular weight is 609 g/mol. The highest BCUT2D eigenvalue weighted by molar-refractivity contribution is 6.06. The van der Waals surface area contributed by atoms with Crippen molar-refractivity contribution in [2.45, 2.75) is 63.3 Å². The summed E-state index contributed by atoms with van der Waals surface area (Å²) >= 11 is 0. The Morgan fingerprint density at radius 2 is 1.84 bits per heavy atom. The van der Waals surface area contributed by atoms with Crippen LogP contribution in [-0.2, 0) is 16.6 Å². The number of aliphatic carboxylic acids is 1. The van der Waals surface area contributed by atoms with Crippen molar-refractivity contribution in [1.82, 2.24) is 24.8 Å². The van der Waals surface area contributed by atoms with E-state index in [1.54, 1.807) is 19.1 Å². The summed E-state index contributed by atoms with van der Waals surface area (Å²) in [5.74, 6) is -0.890. The van der Waals surface area contributed by atoms with Crippen LogP contribution in [0.1, 0.15) is 79.3 Å². The van der Waals surface area contributed by atoms with Crippen LogP contribution in [0, 0.1) is 0 Å². The smallest absolute Gasteiger partial charge is 0.328 e. The van der Waals surface area contributed by atoms with E-state index in [9.17, 15) is 14.4 Å². The van der Waals surface area contributed by atoms with Crippen molar-refractivity contribution in [3.05, 3.63) is 71.8 Å². The SMILES string of the molecule is CCOc1nc(NC(=O)C2(NC(=O)c3ccc4c(C5CCCC5)c(-c5cncnc5)n(C)c4c3)CCC2)ccc1/C=C/C(=O)O. The first-order valence-electron chi connectivity index (χ1n) is 15.4. The van der Waals surface area contributed by atoms with Gasteiger partial charge in [-0.3, -0.25) is 9.59 Å². The number of hydrogen-bond acceptors (Lipinski definition) is 7. The molecule has 2 aliphatic carbocycles. The maximum atomic E-state index is 13.7. The number of rotatable bonds is 10. The Morgan fingerprint density at radius 3 is 2.51 bits per heavy atom. The number of aryl methyl sites for hydroxylation is 1. The second-order valence-corrected chi connectivity index (χ2v) is 11.7. The van der Waals surface area contributed by atoms with E-state index in [0.717, 1.165) is 47.5 Å². The van der Waals surface area contributed by atoms with E-state index in [-0.39, 0.29) is 23.5 Å². The van der Waals surface area contributed by atoms with E-state index in [0.29, 0.717) is 36.5 Å². The molecule has 0 radical (unpaired) electrons. The highest BCUT2D eigenvalue weighted by Gasteiger charge is 2.46. The number of nitrogens with one attached hydrogen (secondary N) is 2. The minimum atomic E-state index is -1.09. The van der Waals surface area contributed by atoms with Crippen LogP contribution in [0.5, 0.6) is 5.88 Å². The highest BCUT2D eigenvalue weighted by atomic mass is 16.5. The molecule has 3 heterocycles. The third-order valence-corrected chi connectivity index (χ3v) is 8.91. The fraction of sp³-hybridized carbons (Fsp3) is 0.353. The van der Waals surface area contributed by atoms with Crippen molar-refractivity contribution in [3.8, 4) is 17.1 Å². The molecule has 2 aliphatic rings. The normalized spacial score (nSPS) is 16.0. The molecule has 11 nitrogen and oxygen atoms in total. The predicted octanol–water partition coefficient (Wildman–Crippen LogP) is 5.48. The zero-order valence-electron chi connectivity index (χ0n) is 25.4. The number of benzene rings is 1. The number of hydrogen-bond donors (Lipinski definition) is 3. The second-order valence-electron chi connectivity index (χ2n) is 11.7. The molecule has 0 saturated heterocycles. The summed E-state index contributed by atoms with van der Waals surface area (Å²) < 4.78 is 7.70. The zero-order valence-corrected chi connectivity index (χ0v) is 25.4. The van der Waals surface area contributed by atoms with Crippen LogP contribution in [0.3, 0.4) is 0 Å². The lowest BCUT2D eigenvalue weighted by Crippen LogP contribution is -2.61. The van der Waals surface area contributed by atoms with Gasteiger partial charge in [0, 0.05) is 53.1 Å². The number of amides is 2. The maximum absolute atomic E-state index is 13.7. The van der Waals surface area contributed by atoms with E-state index >= 15 is 0 Å². The minimum Gasteiger partial charge on any atom is -0.478 e. The van der Waals surface area contributed by atoms with Gasteiger partial charge in [0.1, 0.15) is 17.7 Å². The lowest BCUT2D eigenvalue weighted by molar-refractivity contribution is -0.131. The van der Waals surface area contributed by atoms with Gasteiger partial charge in [-0.05, 0) is 80.9 Å². The molecule has 2 fully saturated rings. The number of ether oxygens (including phenoxy) is 1.